The standard InChI is InChI=1S/C23H20BrNO4/c1-4-13-29-19-11-5-16(6-12-19)14-20-22(26)21(23(27)28-3)15(2)25(20)18-9-7-17(24)8-10-18/h4-12,14H,1,13H2,2-3H3/b20-14-. The Kier molecular flexibility index (Phi) is 6.34. The molecule has 0 bridgehead atoms. The van der Waals surface area contributed by atoms with Gasteiger partial charge in [0.1, 0.15) is 17.9 Å². The largest absolute Gasteiger partial charge is 0.490 e. The van der Waals surface area contributed by atoms with Crippen molar-refractivity contribution in [1.29, 1.82) is 0 Å². The summed E-state index contributed by atoms with van der Waals surface area (Å²) >= 11 is 3.42. The molecular formula is C23H20BrNO4. The maximum atomic E-state index is 13.1. The van der Waals surface area contributed by atoms with Crippen LogP contribution in [0.3, 0.4) is 0 Å². The van der Waals surface area contributed by atoms with Crippen LogP contribution in [0.5, 0.6) is 5.75 Å². The SMILES string of the molecule is C=CCOc1ccc(/C=C2/C(=O)C(C(=O)OC)=C(C)N2c2ccc(Br)cc2)cc1. The monoisotopic (exact) mass is 453 g/mol. The van der Waals surface area contributed by atoms with E-state index >= 15 is 0 Å². The third-order valence-electron chi connectivity index (χ3n) is 4.42. The molecule has 6 heteroatoms. The van der Waals surface area contributed by atoms with E-state index in [9.17, 15) is 9.59 Å². The molecule has 0 aliphatic carbocycles. The Morgan fingerprint density at radius 1 is 1.14 bits per heavy atom. The lowest BCUT2D eigenvalue weighted by Gasteiger charge is -2.21. The van der Waals surface area contributed by atoms with E-state index < -0.39 is 5.97 Å². The van der Waals surface area contributed by atoms with Gasteiger partial charge in [-0.25, -0.2) is 4.79 Å². The van der Waals surface area contributed by atoms with Crippen LogP contribution in [0.25, 0.3) is 6.08 Å². The highest BCUT2D eigenvalue weighted by Gasteiger charge is 2.38. The van der Waals surface area contributed by atoms with Crippen LogP contribution >= 0.6 is 15.9 Å². The van der Waals surface area contributed by atoms with E-state index in [1.807, 2.05) is 48.5 Å². The van der Waals surface area contributed by atoms with E-state index in [1.54, 1.807) is 24.0 Å². The lowest BCUT2D eigenvalue weighted by Crippen LogP contribution is -2.18. The Morgan fingerprint density at radius 3 is 2.38 bits per heavy atom. The summed E-state index contributed by atoms with van der Waals surface area (Å²) in [6.07, 6.45) is 3.42. The number of esters is 1. The van der Waals surface area contributed by atoms with Gasteiger partial charge < -0.3 is 14.4 Å². The second kappa shape index (κ2) is 8.92. The van der Waals surface area contributed by atoms with E-state index in [4.69, 9.17) is 9.47 Å². The minimum Gasteiger partial charge on any atom is -0.490 e. The van der Waals surface area contributed by atoms with E-state index in [0.717, 1.165) is 15.7 Å². The summed E-state index contributed by atoms with van der Waals surface area (Å²) in [6, 6.07) is 14.9. The van der Waals surface area contributed by atoms with Crippen LogP contribution in [0.2, 0.25) is 0 Å². The molecular weight excluding hydrogens is 434 g/mol. The number of hydrogen-bond donors (Lipinski definition) is 0. The first kappa shape index (κ1) is 20.6. The molecule has 0 aromatic heterocycles. The number of carbonyl (C=O) groups excluding carboxylic acids is 2. The van der Waals surface area contributed by atoms with Crippen molar-refractivity contribution in [2.45, 2.75) is 6.92 Å². The molecule has 0 spiro atoms. The number of halogens is 1. The molecule has 1 heterocycles. The number of benzene rings is 2. The molecule has 0 atom stereocenters. The van der Waals surface area contributed by atoms with Gasteiger partial charge in [0, 0.05) is 15.9 Å². The number of ketones is 1. The Bertz CT molecular complexity index is 1000. The van der Waals surface area contributed by atoms with Crippen LogP contribution in [0.4, 0.5) is 5.69 Å². The molecule has 0 amide bonds. The number of carbonyl (C=O) groups is 2. The number of Topliss-reactive ketones (excluding diaryl/α,β-unsaturated/α-hetero) is 1. The van der Waals surface area contributed by atoms with Crippen LogP contribution in [0, 0.1) is 0 Å². The van der Waals surface area contributed by atoms with Crippen LogP contribution in [-0.4, -0.2) is 25.5 Å². The Labute approximate surface area is 178 Å². The second-order valence-electron chi connectivity index (χ2n) is 6.29. The van der Waals surface area contributed by atoms with Crippen LogP contribution < -0.4 is 9.64 Å². The second-order valence-corrected chi connectivity index (χ2v) is 7.21. The van der Waals surface area contributed by atoms with Crippen molar-refractivity contribution in [2.75, 3.05) is 18.6 Å². The maximum Gasteiger partial charge on any atom is 0.343 e. The Hall–Kier alpha value is -3.12. The number of methoxy groups -OCH3 is 1. The Balaban J connectivity index is 2.03. The lowest BCUT2D eigenvalue weighted by atomic mass is 10.1. The summed E-state index contributed by atoms with van der Waals surface area (Å²) in [6.45, 7) is 5.78. The molecule has 0 fully saturated rings. The summed E-state index contributed by atoms with van der Waals surface area (Å²) in [7, 11) is 1.27. The van der Waals surface area contributed by atoms with Gasteiger partial charge in [-0.1, -0.05) is 40.7 Å². The van der Waals surface area contributed by atoms with Crippen molar-refractivity contribution >= 4 is 39.4 Å². The summed E-state index contributed by atoms with van der Waals surface area (Å²) in [5, 5.41) is 0. The summed E-state index contributed by atoms with van der Waals surface area (Å²) < 4.78 is 11.2. The highest BCUT2D eigenvalue weighted by molar-refractivity contribution is 9.10. The molecule has 0 saturated heterocycles. The van der Waals surface area contributed by atoms with Crippen LogP contribution in [-0.2, 0) is 14.3 Å². The number of anilines is 1. The lowest BCUT2D eigenvalue weighted by molar-refractivity contribution is -0.137. The topological polar surface area (TPSA) is 55.8 Å². The predicted molar refractivity (Wildman–Crippen MR) is 116 cm³/mol. The molecule has 0 unspecified atom stereocenters. The van der Waals surface area contributed by atoms with Gasteiger partial charge in [-0.15, -0.1) is 0 Å². The minimum atomic E-state index is -0.647. The van der Waals surface area contributed by atoms with E-state index in [2.05, 4.69) is 22.5 Å². The molecule has 3 rings (SSSR count). The van der Waals surface area contributed by atoms with Crippen molar-refractivity contribution in [2.24, 2.45) is 0 Å². The molecule has 2 aromatic rings. The van der Waals surface area contributed by atoms with Crippen LogP contribution in [0.15, 0.2) is 82.6 Å². The molecule has 148 valence electrons. The minimum absolute atomic E-state index is 0.0348. The van der Waals surface area contributed by atoms with Gasteiger partial charge in [-0.05, 0) is 55.0 Å². The highest BCUT2D eigenvalue weighted by atomic mass is 79.9. The first-order valence-electron chi connectivity index (χ1n) is 8.91. The molecule has 2 aromatic carbocycles. The quantitative estimate of drug-likeness (QED) is 0.269. The average Bonchev–Trinajstić information content (AvgIpc) is 2.97. The average molecular weight is 454 g/mol. The zero-order valence-electron chi connectivity index (χ0n) is 16.1. The number of hydrogen-bond acceptors (Lipinski definition) is 5. The number of rotatable bonds is 6. The molecule has 0 radical (unpaired) electrons. The molecule has 1 aliphatic heterocycles. The van der Waals surface area contributed by atoms with Gasteiger partial charge >= 0.3 is 5.97 Å². The van der Waals surface area contributed by atoms with Gasteiger partial charge in [0.15, 0.2) is 0 Å². The van der Waals surface area contributed by atoms with Crippen molar-refractivity contribution < 1.29 is 19.1 Å². The number of ether oxygens (including phenoxy) is 2. The first-order valence-corrected chi connectivity index (χ1v) is 9.70. The van der Waals surface area contributed by atoms with E-state index in [0.29, 0.717) is 23.8 Å². The molecule has 1 aliphatic rings. The fraction of sp³-hybridized carbons (Fsp3) is 0.130. The fourth-order valence-electron chi connectivity index (χ4n) is 3.06. The van der Waals surface area contributed by atoms with E-state index in [1.165, 1.54) is 7.11 Å². The van der Waals surface area contributed by atoms with E-state index in [-0.39, 0.29) is 11.4 Å². The van der Waals surface area contributed by atoms with Gasteiger partial charge in [0.2, 0.25) is 5.78 Å². The van der Waals surface area contributed by atoms with Gasteiger partial charge in [-0.2, -0.15) is 0 Å². The molecule has 0 N–H and O–H groups in total. The van der Waals surface area contributed by atoms with Gasteiger partial charge in [0.05, 0.1) is 12.8 Å². The fourth-order valence-corrected chi connectivity index (χ4v) is 3.32. The molecule has 5 nitrogen and oxygen atoms in total. The summed E-state index contributed by atoms with van der Waals surface area (Å²) in [4.78, 5) is 27.1. The van der Waals surface area contributed by atoms with Gasteiger partial charge in [-0.3, -0.25) is 4.79 Å². The molecule has 0 saturated carbocycles. The predicted octanol–water partition coefficient (Wildman–Crippen LogP) is 4.89. The highest BCUT2D eigenvalue weighted by Crippen LogP contribution is 2.36. The molecule has 29 heavy (non-hydrogen) atoms. The smallest absolute Gasteiger partial charge is 0.343 e. The number of allylic oxidation sites excluding steroid dienone is 2. The third-order valence-corrected chi connectivity index (χ3v) is 4.95. The normalized spacial score (nSPS) is 15.1. The maximum absolute atomic E-state index is 13.1. The summed E-state index contributed by atoms with van der Waals surface area (Å²) in [5.41, 5.74) is 2.52. The zero-order valence-corrected chi connectivity index (χ0v) is 17.7. The Morgan fingerprint density at radius 2 is 1.79 bits per heavy atom. The van der Waals surface area contributed by atoms with Crippen molar-refractivity contribution in [3.63, 3.8) is 0 Å². The third kappa shape index (κ3) is 4.32. The van der Waals surface area contributed by atoms with Crippen LogP contribution in [0.1, 0.15) is 12.5 Å². The van der Waals surface area contributed by atoms with Crippen molar-refractivity contribution in [3.8, 4) is 5.75 Å². The zero-order chi connectivity index (χ0) is 21.0. The number of nitrogens with zero attached hydrogens (tertiary/aromatic N) is 1. The summed E-state index contributed by atoms with van der Waals surface area (Å²) in [5.74, 6) is -0.311. The van der Waals surface area contributed by atoms with Crippen molar-refractivity contribution in [3.05, 3.63) is 88.2 Å². The first-order chi connectivity index (χ1) is 14.0. The van der Waals surface area contributed by atoms with Crippen molar-refractivity contribution in [1.82, 2.24) is 0 Å². The van der Waals surface area contributed by atoms with Gasteiger partial charge in [0.25, 0.3) is 0 Å².